The van der Waals surface area contributed by atoms with Gasteiger partial charge in [0.1, 0.15) is 5.75 Å². The van der Waals surface area contributed by atoms with Gasteiger partial charge in [-0.1, -0.05) is 0 Å². The van der Waals surface area contributed by atoms with Crippen molar-refractivity contribution in [2.75, 3.05) is 5.32 Å². The molecule has 6 heteroatoms. The number of nitrogens with zero attached hydrogens (tertiary/aromatic N) is 2. The van der Waals surface area contributed by atoms with E-state index in [2.05, 4.69) is 10.4 Å². The van der Waals surface area contributed by atoms with E-state index < -0.39 is 0 Å². The van der Waals surface area contributed by atoms with E-state index in [1.54, 1.807) is 17.8 Å². The zero-order valence-electron chi connectivity index (χ0n) is 12.0. The fourth-order valence-corrected chi connectivity index (χ4v) is 2.53. The predicted octanol–water partition coefficient (Wildman–Crippen LogP) is 1.90. The molecule has 0 atom stereocenters. The Morgan fingerprint density at radius 3 is 3.00 bits per heavy atom. The van der Waals surface area contributed by atoms with Gasteiger partial charge in [-0.3, -0.25) is 4.79 Å². The molecule has 0 saturated carbocycles. The Kier molecular flexibility index (Phi) is 3.39. The Hall–Kier alpha value is -2.34. The van der Waals surface area contributed by atoms with E-state index in [9.17, 15) is 9.90 Å². The van der Waals surface area contributed by atoms with Gasteiger partial charge in [-0.15, -0.1) is 0 Å². The molecule has 0 aliphatic carbocycles. The van der Waals surface area contributed by atoms with E-state index in [-0.39, 0.29) is 12.5 Å². The van der Waals surface area contributed by atoms with Crippen LogP contribution in [0.3, 0.4) is 0 Å². The van der Waals surface area contributed by atoms with Crippen LogP contribution in [0.2, 0.25) is 0 Å². The lowest BCUT2D eigenvalue weighted by molar-refractivity contribution is -0.116. The van der Waals surface area contributed by atoms with Crippen LogP contribution in [0.25, 0.3) is 0 Å². The van der Waals surface area contributed by atoms with Gasteiger partial charge >= 0.3 is 0 Å². The van der Waals surface area contributed by atoms with Crippen LogP contribution in [0.15, 0.2) is 18.2 Å². The van der Waals surface area contributed by atoms with Gasteiger partial charge in [0, 0.05) is 19.2 Å². The molecule has 1 aromatic heterocycles. The van der Waals surface area contributed by atoms with Crippen LogP contribution in [0.1, 0.15) is 23.2 Å². The number of hydrogen-bond donors (Lipinski definition) is 2. The average Bonchev–Trinajstić information content (AvgIpc) is 2.73. The lowest BCUT2D eigenvalue weighted by Gasteiger charge is -2.17. The molecule has 0 saturated heterocycles. The number of ether oxygens (including phenoxy) is 1. The van der Waals surface area contributed by atoms with Crippen molar-refractivity contribution in [2.24, 2.45) is 7.05 Å². The topological polar surface area (TPSA) is 76.4 Å². The molecular formula is C15H17N3O3. The molecule has 3 rings (SSSR count). The minimum absolute atomic E-state index is 0.0426. The van der Waals surface area contributed by atoms with E-state index in [4.69, 9.17) is 4.74 Å². The Bertz CT molecular complexity index is 706. The van der Waals surface area contributed by atoms with Crippen molar-refractivity contribution in [1.29, 1.82) is 0 Å². The Labute approximate surface area is 122 Å². The van der Waals surface area contributed by atoms with Gasteiger partial charge in [0.15, 0.2) is 0 Å². The fourth-order valence-electron chi connectivity index (χ4n) is 2.53. The summed E-state index contributed by atoms with van der Waals surface area (Å²) in [5, 5.41) is 16.5. The Morgan fingerprint density at radius 1 is 1.43 bits per heavy atom. The number of nitrogens with one attached hydrogen (secondary N) is 1. The summed E-state index contributed by atoms with van der Waals surface area (Å²) >= 11 is 0. The van der Waals surface area contributed by atoms with Gasteiger partial charge in [0.05, 0.1) is 17.9 Å². The molecule has 21 heavy (non-hydrogen) atoms. The normalized spacial score (nSPS) is 13.8. The van der Waals surface area contributed by atoms with E-state index in [1.165, 1.54) is 0 Å². The molecule has 1 aliphatic rings. The van der Waals surface area contributed by atoms with Crippen molar-refractivity contribution in [3.63, 3.8) is 0 Å². The van der Waals surface area contributed by atoms with Crippen LogP contribution in [-0.2, 0) is 24.9 Å². The molecule has 6 nitrogen and oxygen atoms in total. The molecular weight excluding hydrogens is 270 g/mol. The van der Waals surface area contributed by atoms with Crippen molar-refractivity contribution < 1.29 is 14.6 Å². The number of aryl methyl sites for hydroxylation is 3. The largest absolute Gasteiger partial charge is 0.439 e. The number of rotatable bonds is 3. The number of carbonyl (C=O) groups excluding carboxylic acids is 1. The van der Waals surface area contributed by atoms with Gasteiger partial charge in [-0.05, 0) is 37.1 Å². The fraction of sp³-hybridized carbons (Fsp3) is 0.333. The van der Waals surface area contributed by atoms with E-state index in [0.29, 0.717) is 30.0 Å². The smallest absolute Gasteiger partial charge is 0.224 e. The highest BCUT2D eigenvalue weighted by Gasteiger charge is 2.18. The molecule has 2 heterocycles. The second kappa shape index (κ2) is 5.21. The first-order valence-electron chi connectivity index (χ1n) is 6.82. The van der Waals surface area contributed by atoms with Crippen molar-refractivity contribution in [3.05, 3.63) is 35.0 Å². The number of aliphatic hydroxyl groups excluding tert-OH is 1. The summed E-state index contributed by atoms with van der Waals surface area (Å²) in [4.78, 5) is 11.4. The highest BCUT2D eigenvalue weighted by molar-refractivity contribution is 5.94. The number of anilines is 1. The van der Waals surface area contributed by atoms with Gasteiger partial charge in [0.25, 0.3) is 0 Å². The molecule has 1 aromatic carbocycles. The molecule has 110 valence electrons. The molecule has 1 aliphatic heterocycles. The third-order valence-corrected chi connectivity index (χ3v) is 3.63. The first kappa shape index (κ1) is 13.6. The molecule has 2 aromatic rings. The van der Waals surface area contributed by atoms with Crippen LogP contribution in [0, 0.1) is 6.92 Å². The van der Waals surface area contributed by atoms with Crippen molar-refractivity contribution in [2.45, 2.75) is 26.4 Å². The van der Waals surface area contributed by atoms with Crippen molar-refractivity contribution in [1.82, 2.24) is 9.78 Å². The minimum Gasteiger partial charge on any atom is -0.439 e. The number of aromatic nitrogens is 2. The summed E-state index contributed by atoms with van der Waals surface area (Å²) in [6.07, 6.45) is 1.19. The molecule has 0 fully saturated rings. The van der Waals surface area contributed by atoms with Gasteiger partial charge < -0.3 is 15.2 Å². The third-order valence-electron chi connectivity index (χ3n) is 3.63. The maximum Gasteiger partial charge on any atom is 0.224 e. The number of hydrogen-bond acceptors (Lipinski definition) is 4. The summed E-state index contributed by atoms with van der Waals surface area (Å²) in [5.41, 5.74) is 3.32. The maximum atomic E-state index is 11.4. The monoisotopic (exact) mass is 287 g/mol. The quantitative estimate of drug-likeness (QED) is 0.904. The van der Waals surface area contributed by atoms with E-state index >= 15 is 0 Å². The highest BCUT2D eigenvalue weighted by atomic mass is 16.5. The summed E-state index contributed by atoms with van der Waals surface area (Å²) in [6, 6.07) is 5.55. The third kappa shape index (κ3) is 2.50. The first-order valence-corrected chi connectivity index (χ1v) is 6.82. The SMILES string of the molecule is Cc1nn(C)c(Oc2ccc3c(c2)CCC(=O)N3)c1CO. The number of fused-ring (bicyclic) bond motifs is 1. The number of aliphatic hydroxyl groups is 1. The molecule has 0 spiro atoms. The lowest BCUT2D eigenvalue weighted by Crippen LogP contribution is -2.18. The standard InChI is InChI=1S/C15H17N3O3/c1-9-12(8-19)15(18(2)17-9)21-11-4-5-13-10(7-11)3-6-14(20)16-13/h4-5,7,19H,3,6,8H2,1-2H3,(H,16,20). The van der Waals surface area contributed by atoms with E-state index in [0.717, 1.165) is 16.9 Å². The first-order chi connectivity index (χ1) is 10.1. The van der Waals surface area contributed by atoms with Crippen LogP contribution >= 0.6 is 0 Å². The Morgan fingerprint density at radius 2 is 2.24 bits per heavy atom. The number of amides is 1. The highest BCUT2D eigenvalue weighted by Crippen LogP contribution is 2.31. The van der Waals surface area contributed by atoms with Crippen LogP contribution < -0.4 is 10.1 Å². The van der Waals surface area contributed by atoms with Gasteiger partial charge in [0.2, 0.25) is 11.8 Å². The molecule has 0 unspecified atom stereocenters. The second-order valence-electron chi connectivity index (χ2n) is 5.12. The van der Waals surface area contributed by atoms with Crippen LogP contribution in [0.4, 0.5) is 5.69 Å². The summed E-state index contributed by atoms with van der Waals surface area (Å²) in [5.74, 6) is 1.25. The number of carbonyl (C=O) groups is 1. The summed E-state index contributed by atoms with van der Waals surface area (Å²) in [7, 11) is 1.78. The zero-order valence-corrected chi connectivity index (χ0v) is 12.0. The van der Waals surface area contributed by atoms with Crippen LogP contribution in [0.5, 0.6) is 11.6 Å². The van der Waals surface area contributed by atoms with Crippen molar-refractivity contribution in [3.8, 4) is 11.6 Å². The molecule has 1 amide bonds. The molecule has 0 bridgehead atoms. The predicted molar refractivity (Wildman–Crippen MR) is 77.3 cm³/mol. The average molecular weight is 287 g/mol. The number of benzene rings is 1. The van der Waals surface area contributed by atoms with Gasteiger partial charge in [-0.2, -0.15) is 5.10 Å². The zero-order chi connectivity index (χ0) is 15.0. The minimum atomic E-state index is -0.115. The second-order valence-corrected chi connectivity index (χ2v) is 5.12. The summed E-state index contributed by atoms with van der Waals surface area (Å²) in [6.45, 7) is 1.72. The van der Waals surface area contributed by atoms with Gasteiger partial charge in [-0.25, -0.2) is 4.68 Å². The van der Waals surface area contributed by atoms with E-state index in [1.807, 2.05) is 19.1 Å². The molecule has 2 N–H and O–H groups in total. The maximum absolute atomic E-state index is 11.4. The summed E-state index contributed by atoms with van der Waals surface area (Å²) < 4.78 is 7.49. The van der Waals surface area contributed by atoms with Crippen molar-refractivity contribution >= 4 is 11.6 Å². The van der Waals surface area contributed by atoms with Crippen LogP contribution in [-0.4, -0.2) is 20.8 Å². The lowest BCUT2D eigenvalue weighted by atomic mass is 10.0. The Balaban J connectivity index is 1.91. The molecule has 0 radical (unpaired) electrons.